The number of hydrogen-bond acceptors (Lipinski definition) is 4. The monoisotopic (exact) mass is 371 g/mol. The third-order valence-electron chi connectivity index (χ3n) is 4.21. The average Bonchev–Trinajstić information content (AvgIpc) is 3.12. The van der Waals surface area contributed by atoms with Gasteiger partial charge in [-0.3, -0.25) is 14.3 Å². The molecule has 0 aromatic carbocycles. The molecule has 0 amide bonds. The molecule has 0 spiro atoms. The van der Waals surface area contributed by atoms with Crippen LogP contribution in [0.25, 0.3) is 5.82 Å². The van der Waals surface area contributed by atoms with Gasteiger partial charge >= 0.3 is 0 Å². The molecule has 3 heterocycles. The van der Waals surface area contributed by atoms with Crippen LogP contribution in [0.4, 0.5) is 0 Å². The van der Waals surface area contributed by atoms with Crippen LogP contribution >= 0.6 is 15.9 Å². The van der Waals surface area contributed by atoms with E-state index in [9.17, 15) is 4.79 Å². The molecule has 1 atom stereocenters. The molecule has 0 radical (unpaired) electrons. The normalized spacial score (nSPS) is 16.5. The molecule has 0 saturated heterocycles. The first-order valence-corrected chi connectivity index (χ1v) is 8.16. The second-order valence-electron chi connectivity index (χ2n) is 5.63. The third-order valence-corrected chi connectivity index (χ3v) is 4.67. The fraction of sp³-hybridized carbons (Fsp3) is 0.250. The minimum absolute atomic E-state index is 0.101. The molecule has 0 N–H and O–H groups in total. The van der Waals surface area contributed by atoms with E-state index in [4.69, 9.17) is 0 Å². The number of halogens is 1. The molecule has 0 saturated carbocycles. The maximum absolute atomic E-state index is 12.0. The highest BCUT2D eigenvalue weighted by molar-refractivity contribution is 9.10. The van der Waals surface area contributed by atoms with Crippen molar-refractivity contribution in [2.75, 3.05) is 0 Å². The lowest BCUT2D eigenvalue weighted by molar-refractivity contribution is 0.629. The predicted molar refractivity (Wildman–Crippen MR) is 88.7 cm³/mol. The topological polar surface area (TPSA) is 65.6 Å². The number of rotatable bonds is 2. The molecule has 0 aliphatic heterocycles. The van der Waals surface area contributed by atoms with E-state index >= 15 is 0 Å². The second-order valence-corrected chi connectivity index (χ2v) is 6.54. The molecule has 1 aliphatic carbocycles. The molecule has 4 rings (SSSR count). The molecule has 23 heavy (non-hydrogen) atoms. The van der Waals surface area contributed by atoms with Crippen LogP contribution in [0.15, 0.2) is 45.9 Å². The quantitative estimate of drug-likeness (QED) is 0.692. The number of pyridine rings is 2. The summed E-state index contributed by atoms with van der Waals surface area (Å²) in [6, 6.07) is 7.38. The SMILES string of the molecule is Cn1c(-n2nc3c(n2)C(c2cccnc2)CC3)cc(Br)cc1=O. The first-order chi connectivity index (χ1) is 11.1. The number of nitrogens with zero attached hydrogens (tertiary/aromatic N) is 5. The van der Waals surface area contributed by atoms with Crippen molar-refractivity contribution in [1.82, 2.24) is 24.5 Å². The van der Waals surface area contributed by atoms with Gasteiger partial charge in [0.15, 0.2) is 5.82 Å². The number of aryl methyl sites for hydroxylation is 1. The summed E-state index contributed by atoms with van der Waals surface area (Å²) in [4.78, 5) is 17.7. The maximum Gasteiger partial charge on any atom is 0.253 e. The molecule has 1 aliphatic rings. The molecule has 7 heteroatoms. The van der Waals surface area contributed by atoms with E-state index in [0.717, 1.165) is 34.3 Å². The Kier molecular flexibility index (Phi) is 3.37. The highest BCUT2D eigenvalue weighted by Gasteiger charge is 2.29. The average molecular weight is 372 g/mol. The van der Waals surface area contributed by atoms with Crippen molar-refractivity contribution in [3.8, 4) is 5.82 Å². The van der Waals surface area contributed by atoms with E-state index in [1.165, 1.54) is 6.07 Å². The van der Waals surface area contributed by atoms with Crippen molar-refractivity contribution in [3.63, 3.8) is 0 Å². The third kappa shape index (κ3) is 2.41. The Morgan fingerprint density at radius 1 is 1.30 bits per heavy atom. The molecular formula is C16H14BrN5O. The largest absolute Gasteiger partial charge is 0.295 e. The Labute approximate surface area is 140 Å². The summed E-state index contributed by atoms with van der Waals surface area (Å²) in [5.41, 5.74) is 3.02. The fourth-order valence-electron chi connectivity index (χ4n) is 3.00. The van der Waals surface area contributed by atoms with E-state index in [2.05, 4.69) is 37.2 Å². The predicted octanol–water partition coefficient (Wildman–Crippen LogP) is 2.20. The first kappa shape index (κ1) is 14.3. The number of hydrogen-bond donors (Lipinski definition) is 0. The van der Waals surface area contributed by atoms with Crippen LogP contribution < -0.4 is 5.56 Å². The standard InChI is InChI=1S/C16H14BrN5O/c1-21-14(7-11(17)8-15(21)23)22-19-13-5-4-12(16(13)20-22)10-3-2-6-18-9-10/h2-3,6-9,12H,4-5H2,1H3. The molecular weight excluding hydrogens is 358 g/mol. The van der Waals surface area contributed by atoms with Crippen LogP contribution in [0, 0.1) is 0 Å². The van der Waals surface area contributed by atoms with Crippen molar-refractivity contribution in [2.24, 2.45) is 7.05 Å². The van der Waals surface area contributed by atoms with E-state index in [0.29, 0.717) is 5.82 Å². The summed E-state index contributed by atoms with van der Waals surface area (Å²) in [5.74, 6) is 0.861. The lowest BCUT2D eigenvalue weighted by atomic mass is 9.99. The van der Waals surface area contributed by atoms with Crippen LogP contribution in [0.3, 0.4) is 0 Å². The van der Waals surface area contributed by atoms with Gasteiger partial charge in [0.2, 0.25) is 0 Å². The molecule has 3 aromatic heterocycles. The van der Waals surface area contributed by atoms with Crippen LogP contribution in [-0.2, 0) is 13.5 Å². The number of aromatic nitrogens is 5. The maximum atomic E-state index is 12.0. The zero-order valence-corrected chi connectivity index (χ0v) is 14.1. The summed E-state index contributed by atoms with van der Waals surface area (Å²) in [6.45, 7) is 0. The van der Waals surface area contributed by atoms with Crippen molar-refractivity contribution in [3.05, 3.63) is 68.4 Å². The van der Waals surface area contributed by atoms with Crippen molar-refractivity contribution >= 4 is 15.9 Å². The fourth-order valence-corrected chi connectivity index (χ4v) is 3.41. The minimum atomic E-state index is -0.101. The van der Waals surface area contributed by atoms with Gasteiger partial charge in [0.1, 0.15) is 0 Å². The Morgan fingerprint density at radius 3 is 2.96 bits per heavy atom. The highest BCUT2D eigenvalue weighted by Crippen LogP contribution is 2.35. The van der Waals surface area contributed by atoms with Gasteiger partial charge in [-0.2, -0.15) is 10.2 Å². The summed E-state index contributed by atoms with van der Waals surface area (Å²) in [6.07, 6.45) is 5.53. The van der Waals surface area contributed by atoms with Crippen LogP contribution in [0.5, 0.6) is 0 Å². The van der Waals surface area contributed by atoms with Gasteiger partial charge in [-0.15, -0.1) is 4.80 Å². The van der Waals surface area contributed by atoms with Gasteiger partial charge in [-0.05, 0) is 30.5 Å². The van der Waals surface area contributed by atoms with E-state index in [-0.39, 0.29) is 11.5 Å². The summed E-state index contributed by atoms with van der Waals surface area (Å²) >= 11 is 3.36. The molecule has 1 unspecified atom stereocenters. The minimum Gasteiger partial charge on any atom is -0.295 e. The summed E-state index contributed by atoms with van der Waals surface area (Å²) in [7, 11) is 1.72. The molecule has 3 aromatic rings. The highest BCUT2D eigenvalue weighted by atomic mass is 79.9. The van der Waals surface area contributed by atoms with Crippen molar-refractivity contribution in [2.45, 2.75) is 18.8 Å². The van der Waals surface area contributed by atoms with Crippen molar-refractivity contribution < 1.29 is 0 Å². The Morgan fingerprint density at radius 2 is 2.17 bits per heavy atom. The van der Waals surface area contributed by atoms with Crippen LogP contribution in [-0.4, -0.2) is 24.5 Å². The van der Waals surface area contributed by atoms with Gasteiger partial charge < -0.3 is 0 Å². The van der Waals surface area contributed by atoms with Gasteiger partial charge in [-0.25, -0.2) is 0 Å². The molecule has 116 valence electrons. The lowest BCUT2D eigenvalue weighted by Gasteiger charge is -2.10. The van der Waals surface area contributed by atoms with E-state index in [1.807, 2.05) is 18.3 Å². The Hall–Kier alpha value is -2.28. The van der Waals surface area contributed by atoms with Crippen LogP contribution in [0.1, 0.15) is 29.3 Å². The number of fused-ring (bicyclic) bond motifs is 1. The van der Waals surface area contributed by atoms with Gasteiger partial charge in [-0.1, -0.05) is 22.0 Å². The Balaban J connectivity index is 1.80. The van der Waals surface area contributed by atoms with Gasteiger partial charge in [0.05, 0.1) is 11.4 Å². The zero-order chi connectivity index (χ0) is 16.0. The zero-order valence-electron chi connectivity index (χ0n) is 12.5. The molecule has 6 nitrogen and oxygen atoms in total. The summed E-state index contributed by atoms with van der Waals surface area (Å²) < 4.78 is 2.26. The van der Waals surface area contributed by atoms with E-state index in [1.54, 1.807) is 22.6 Å². The summed E-state index contributed by atoms with van der Waals surface area (Å²) in [5, 5.41) is 9.24. The smallest absolute Gasteiger partial charge is 0.253 e. The van der Waals surface area contributed by atoms with Crippen molar-refractivity contribution in [1.29, 1.82) is 0 Å². The second kappa shape index (κ2) is 5.42. The molecule has 0 bridgehead atoms. The van der Waals surface area contributed by atoms with Gasteiger partial charge in [0.25, 0.3) is 5.56 Å². The van der Waals surface area contributed by atoms with E-state index < -0.39 is 0 Å². The van der Waals surface area contributed by atoms with Crippen LogP contribution in [0.2, 0.25) is 0 Å². The molecule has 0 fully saturated rings. The van der Waals surface area contributed by atoms with Gasteiger partial charge in [0, 0.05) is 35.9 Å². The first-order valence-electron chi connectivity index (χ1n) is 7.36. The lowest BCUT2D eigenvalue weighted by Crippen LogP contribution is -2.21. The Bertz CT molecular complexity index is 931.